The minimum absolute atomic E-state index is 0.257. The highest BCUT2D eigenvalue weighted by molar-refractivity contribution is 5.40. The Morgan fingerprint density at radius 3 is 2.53 bits per heavy atom. The van der Waals surface area contributed by atoms with Crippen molar-refractivity contribution >= 4 is 6.08 Å². The van der Waals surface area contributed by atoms with Crippen molar-refractivity contribution < 1.29 is 4.79 Å². The molecule has 1 aliphatic heterocycles. The molecule has 2 aliphatic rings. The Kier molecular flexibility index (Phi) is 3.26. The fourth-order valence-corrected chi connectivity index (χ4v) is 3.34. The lowest BCUT2D eigenvalue weighted by Gasteiger charge is -2.37. The molecule has 100 valence electrons. The van der Waals surface area contributed by atoms with E-state index in [1.165, 1.54) is 24.1 Å². The molecule has 0 spiro atoms. The van der Waals surface area contributed by atoms with Crippen molar-refractivity contribution in [3.63, 3.8) is 0 Å². The van der Waals surface area contributed by atoms with Crippen LogP contribution in [0.2, 0.25) is 0 Å². The zero-order chi connectivity index (χ0) is 13.3. The molecule has 3 heteroatoms. The minimum Gasteiger partial charge on any atom is -0.306 e. The molecule has 1 saturated carbocycles. The van der Waals surface area contributed by atoms with Gasteiger partial charge >= 0.3 is 0 Å². The van der Waals surface area contributed by atoms with E-state index in [1.54, 1.807) is 6.08 Å². The van der Waals surface area contributed by atoms with Crippen LogP contribution in [0.25, 0.3) is 0 Å². The van der Waals surface area contributed by atoms with Gasteiger partial charge in [-0.1, -0.05) is 24.3 Å². The van der Waals surface area contributed by atoms with Gasteiger partial charge in [-0.3, -0.25) is 0 Å². The number of carbonyl (C=O) groups excluding carboxylic acids is 1. The number of isocyanates is 1. The lowest BCUT2D eigenvalue weighted by molar-refractivity contribution is 0.256. The molecule has 3 rings (SSSR count). The summed E-state index contributed by atoms with van der Waals surface area (Å²) in [6.45, 7) is 2.34. The van der Waals surface area contributed by atoms with Crippen molar-refractivity contribution in [3.05, 3.63) is 35.4 Å². The Hall–Kier alpha value is -1.44. The Morgan fingerprint density at radius 2 is 2.05 bits per heavy atom. The third kappa shape index (κ3) is 2.24. The van der Waals surface area contributed by atoms with Crippen LogP contribution < -0.4 is 0 Å². The average Bonchev–Trinajstić information content (AvgIpc) is 2.81. The van der Waals surface area contributed by atoms with Crippen molar-refractivity contribution in [2.75, 3.05) is 20.1 Å². The quantitative estimate of drug-likeness (QED) is 0.615. The topological polar surface area (TPSA) is 32.7 Å². The van der Waals surface area contributed by atoms with Crippen LogP contribution in [0.15, 0.2) is 29.3 Å². The third-order valence-corrected chi connectivity index (χ3v) is 4.75. The van der Waals surface area contributed by atoms with Gasteiger partial charge in [0, 0.05) is 6.54 Å². The van der Waals surface area contributed by atoms with Crippen molar-refractivity contribution in [2.45, 2.75) is 37.1 Å². The summed E-state index contributed by atoms with van der Waals surface area (Å²) in [5.41, 5.74) is 2.34. The van der Waals surface area contributed by atoms with E-state index in [1.807, 2.05) is 0 Å². The van der Waals surface area contributed by atoms with E-state index in [2.05, 4.69) is 41.2 Å². The van der Waals surface area contributed by atoms with Crippen molar-refractivity contribution in [1.82, 2.24) is 4.90 Å². The number of hydrogen-bond donors (Lipinski definition) is 0. The van der Waals surface area contributed by atoms with E-state index in [4.69, 9.17) is 0 Å². The highest BCUT2D eigenvalue weighted by Gasteiger charge is 2.38. The van der Waals surface area contributed by atoms with E-state index < -0.39 is 0 Å². The molecule has 1 aromatic carbocycles. The van der Waals surface area contributed by atoms with E-state index in [0.717, 1.165) is 25.8 Å². The van der Waals surface area contributed by atoms with Gasteiger partial charge in [-0.15, -0.1) is 0 Å². The molecule has 2 fully saturated rings. The number of likely N-dealkylation sites (tertiary alicyclic amines) is 1. The molecule has 19 heavy (non-hydrogen) atoms. The fraction of sp³-hybridized carbons (Fsp3) is 0.562. The zero-order valence-corrected chi connectivity index (χ0v) is 11.4. The van der Waals surface area contributed by atoms with Gasteiger partial charge in [0.15, 0.2) is 0 Å². The number of likely N-dealkylation sites (N-methyl/N-ethyl adjacent to an activating group) is 1. The third-order valence-electron chi connectivity index (χ3n) is 4.75. The van der Waals surface area contributed by atoms with Gasteiger partial charge in [0.25, 0.3) is 0 Å². The summed E-state index contributed by atoms with van der Waals surface area (Å²) in [6.07, 6.45) is 6.11. The van der Waals surface area contributed by atoms with Gasteiger partial charge in [-0.2, -0.15) is 4.99 Å². The monoisotopic (exact) mass is 256 g/mol. The van der Waals surface area contributed by atoms with Crippen molar-refractivity contribution in [3.8, 4) is 0 Å². The zero-order valence-electron chi connectivity index (χ0n) is 11.4. The average molecular weight is 256 g/mol. The first-order valence-electron chi connectivity index (χ1n) is 7.11. The minimum atomic E-state index is -0.257. The highest BCUT2D eigenvalue weighted by atomic mass is 16.1. The predicted octanol–water partition coefficient (Wildman–Crippen LogP) is 2.82. The second-order valence-electron chi connectivity index (χ2n) is 5.96. The number of nitrogens with zero attached hydrogens (tertiary/aromatic N) is 2. The maximum Gasteiger partial charge on any atom is 0.235 e. The van der Waals surface area contributed by atoms with Gasteiger partial charge in [-0.25, -0.2) is 4.79 Å². The SMILES string of the molecule is CN1CCC(c2ccc(C3(N=C=O)CCC3)cc2)C1. The lowest BCUT2D eigenvalue weighted by Crippen LogP contribution is -2.31. The van der Waals surface area contributed by atoms with Crippen LogP contribution in [0.4, 0.5) is 0 Å². The maximum absolute atomic E-state index is 10.6. The molecular formula is C16H20N2O. The van der Waals surface area contributed by atoms with Gasteiger partial charge in [0.2, 0.25) is 6.08 Å². The fourth-order valence-electron chi connectivity index (χ4n) is 3.34. The van der Waals surface area contributed by atoms with Gasteiger partial charge in [0.1, 0.15) is 0 Å². The van der Waals surface area contributed by atoms with E-state index in [-0.39, 0.29) is 5.54 Å². The van der Waals surface area contributed by atoms with E-state index in [9.17, 15) is 4.79 Å². The smallest absolute Gasteiger partial charge is 0.235 e. The summed E-state index contributed by atoms with van der Waals surface area (Å²) in [4.78, 5) is 17.0. The first kappa shape index (κ1) is 12.6. The van der Waals surface area contributed by atoms with Crippen LogP contribution in [0, 0.1) is 0 Å². The predicted molar refractivity (Wildman–Crippen MR) is 74.9 cm³/mol. The maximum atomic E-state index is 10.6. The molecule has 3 nitrogen and oxygen atoms in total. The summed E-state index contributed by atoms with van der Waals surface area (Å²) >= 11 is 0. The number of hydrogen-bond acceptors (Lipinski definition) is 3. The largest absolute Gasteiger partial charge is 0.306 e. The number of benzene rings is 1. The van der Waals surface area contributed by atoms with E-state index in [0.29, 0.717) is 5.92 Å². The number of rotatable bonds is 3. The molecule has 1 heterocycles. The normalized spacial score (nSPS) is 25.6. The molecule has 0 N–H and O–H groups in total. The Morgan fingerprint density at radius 1 is 1.32 bits per heavy atom. The lowest BCUT2D eigenvalue weighted by atomic mass is 9.72. The molecule has 0 bridgehead atoms. The van der Waals surface area contributed by atoms with Crippen molar-refractivity contribution in [1.29, 1.82) is 0 Å². The van der Waals surface area contributed by atoms with Gasteiger partial charge in [0.05, 0.1) is 5.54 Å². The van der Waals surface area contributed by atoms with Crippen LogP contribution in [0.3, 0.4) is 0 Å². The Balaban J connectivity index is 1.81. The molecule has 1 saturated heterocycles. The highest BCUT2D eigenvalue weighted by Crippen LogP contribution is 2.45. The summed E-state index contributed by atoms with van der Waals surface area (Å²) in [5.74, 6) is 0.658. The molecule has 0 aromatic heterocycles. The van der Waals surface area contributed by atoms with Crippen LogP contribution in [0.5, 0.6) is 0 Å². The summed E-state index contributed by atoms with van der Waals surface area (Å²) in [7, 11) is 2.18. The summed E-state index contributed by atoms with van der Waals surface area (Å²) < 4.78 is 0. The first-order valence-corrected chi connectivity index (χ1v) is 7.11. The molecule has 1 unspecified atom stereocenters. The van der Waals surface area contributed by atoms with Crippen LogP contribution in [-0.2, 0) is 10.3 Å². The Bertz CT molecular complexity index is 498. The molecule has 0 amide bonds. The molecule has 1 aromatic rings. The molecular weight excluding hydrogens is 236 g/mol. The van der Waals surface area contributed by atoms with Crippen LogP contribution >= 0.6 is 0 Å². The second-order valence-corrected chi connectivity index (χ2v) is 5.96. The molecule has 1 aliphatic carbocycles. The molecule has 1 atom stereocenters. The van der Waals surface area contributed by atoms with E-state index >= 15 is 0 Å². The number of aliphatic imine (C=N–C) groups is 1. The Labute approximate surface area is 114 Å². The van der Waals surface area contributed by atoms with Crippen molar-refractivity contribution in [2.24, 2.45) is 4.99 Å². The second kappa shape index (κ2) is 4.92. The van der Waals surface area contributed by atoms with Gasteiger partial charge < -0.3 is 4.90 Å². The summed E-state index contributed by atoms with van der Waals surface area (Å²) in [6, 6.07) is 8.76. The first-order chi connectivity index (χ1) is 9.23. The van der Waals surface area contributed by atoms with Gasteiger partial charge in [-0.05, 0) is 56.3 Å². The van der Waals surface area contributed by atoms with Crippen LogP contribution in [-0.4, -0.2) is 31.1 Å². The van der Waals surface area contributed by atoms with Crippen LogP contribution in [0.1, 0.15) is 42.7 Å². The standard InChI is InChI=1S/C16H20N2O/c1-18-10-7-14(11-18)13-3-5-15(6-4-13)16(17-12-19)8-2-9-16/h3-6,14H,2,7-11H2,1H3. The molecule has 0 radical (unpaired) electrons. The summed E-state index contributed by atoms with van der Waals surface area (Å²) in [5, 5.41) is 0.